The maximum Gasteiger partial charge on any atom is 0.284 e. The summed E-state index contributed by atoms with van der Waals surface area (Å²) >= 11 is 6.15. The minimum Gasteiger partial charge on any atom is -0.360 e. The summed E-state index contributed by atoms with van der Waals surface area (Å²) in [5, 5.41) is 12.1. The molecule has 2 aliphatic rings. The van der Waals surface area contributed by atoms with E-state index in [9.17, 15) is 13.5 Å². The fourth-order valence-corrected chi connectivity index (χ4v) is 4.46. The topological polar surface area (TPSA) is 82.3 Å². The molecular weight excluding hydrogens is 422 g/mol. The molecule has 2 aromatic carbocycles. The Balaban J connectivity index is 1.87. The van der Waals surface area contributed by atoms with E-state index in [-0.39, 0.29) is 10.7 Å². The molecule has 154 valence electrons. The quantitative estimate of drug-likeness (QED) is 0.781. The van der Waals surface area contributed by atoms with Gasteiger partial charge in [0.05, 0.1) is 9.93 Å². The van der Waals surface area contributed by atoms with Crippen LogP contribution in [0.5, 0.6) is 0 Å². The lowest BCUT2D eigenvalue weighted by Crippen LogP contribution is -2.46. The van der Waals surface area contributed by atoms with Crippen LogP contribution in [-0.4, -0.2) is 30.1 Å². The molecule has 0 radical (unpaired) electrons. The first kappa shape index (κ1) is 20.5. The summed E-state index contributed by atoms with van der Waals surface area (Å²) in [6, 6.07) is 13.6. The third-order valence-corrected chi connectivity index (χ3v) is 6.57. The first-order chi connectivity index (χ1) is 14.2. The molecule has 0 aliphatic carbocycles. The number of halogens is 1. The van der Waals surface area contributed by atoms with Crippen LogP contribution in [0.25, 0.3) is 0 Å². The summed E-state index contributed by atoms with van der Waals surface area (Å²) in [6.45, 7) is 3.89. The van der Waals surface area contributed by atoms with Crippen molar-refractivity contribution in [3.63, 3.8) is 0 Å². The average molecular weight is 442 g/mol. The second-order valence-corrected chi connectivity index (χ2v) is 9.15. The van der Waals surface area contributed by atoms with E-state index in [1.54, 1.807) is 36.4 Å². The highest BCUT2D eigenvalue weighted by atomic mass is 35.5. The molecule has 2 aliphatic heterocycles. The highest BCUT2D eigenvalue weighted by molar-refractivity contribution is 7.90. The van der Waals surface area contributed by atoms with E-state index in [0.717, 1.165) is 17.5 Å². The van der Waals surface area contributed by atoms with Crippen LogP contribution >= 0.6 is 11.6 Å². The lowest BCUT2D eigenvalue weighted by atomic mass is 9.98. The molecule has 1 N–H and O–H groups in total. The number of aliphatic hydroxyl groups is 1. The Bertz CT molecular complexity index is 1210. The minimum absolute atomic E-state index is 0.0264. The lowest BCUT2D eigenvalue weighted by molar-refractivity contribution is 0.0221. The zero-order chi connectivity index (χ0) is 21.5. The van der Waals surface area contributed by atoms with E-state index in [1.165, 1.54) is 23.2 Å². The first-order valence-corrected chi connectivity index (χ1v) is 11.2. The standard InChI is InChI=1S/C22H20ClN3O3S/c1-3-16-6-8-17(9-7-16)22(27)21(24-20-13-10-18(23)14-26(20)22)25-30(28,29)19-11-4-15(2)5-12-19/h4-14,27H,3H2,1-2H3. The maximum absolute atomic E-state index is 12.9. The van der Waals surface area contributed by atoms with E-state index in [0.29, 0.717) is 16.4 Å². The number of nitrogens with zero attached hydrogens (tertiary/aromatic N) is 3. The SMILES string of the molecule is CCc1ccc(C2(O)C(=NS(=O)(=O)c3ccc(C)cc3)N=C3C=CC(Cl)=CN32)cc1. The van der Waals surface area contributed by atoms with Gasteiger partial charge >= 0.3 is 0 Å². The predicted molar refractivity (Wildman–Crippen MR) is 118 cm³/mol. The fourth-order valence-electron chi connectivity index (χ4n) is 3.31. The second kappa shape index (κ2) is 7.50. The van der Waals surface area contributed by atoms with E-state index < -0.39 is 15.7 Å². The van der Waals surface area contributed by atoms with Crippen LogP contribution in [0.3, 0.4) is 0 Å². The second-order valence-electron chi connectivity index (χ2n) is 7.11. The van der Waals surface area contributed by atoms with Crippen molar-refractivity contribution >= 4 is 33.3 Å². The normalized spacial score (nSPS) is 22.1. The molecule has 0 spiro atoms. The third-order valence-electron chi connectivity index (χ3n) is 5.06. The number of hydrogen-bond donors (Lipinski definition) is 1. The zero-order valence-electron chi connectivity index (χ0n) is 16.4. The third kappa shape index (κ3) is 3.49. The largest absolute Gasteiger partial charge is 0.360 e. The number of sulfonamides is 1. The molecule has 0 aromatic heterocycles. The van der Waals surface area contributed by atoms with Crippen LogP contribution in [0.15, 0.2) is 86.2 Å². The molecule has 0 saturated heterocycles. The first-order valence-electron chi connectivity index (χ1n) is 9.41. The summed E-state index contributed by atoms with van der Waals surface area (Å²) in [7, 11) is -4.09. The molecule has 30 heavy (non-hydrogen) atoms. The van der Waals surface area contributed by atoms with Crippen molar-refractivity contribution in [2.45, 2.75) is 30.9 Å². The van der Waals surface area contributed by atoms with Crippen molar-refractivity contribution in [3.8, 4) is 0 Å². The van der Waals surface area contributed by atoms with Crippen LogP contribution in [0, 0.1) is 6.92 Å². The summed E-state index contributed by atoms with van der Waals surface area (Å²) < 4.78 is 29.8. The van der Waals surface area contributed by atoms with Crippen molar-refractivity contribution in [1.82, 2.24) is 4.90 Å². The van der Waals surface area contributed by atoms with E-state index in [1.807, 2.05) is 26.0 Å². The van der Waals surface area contributed by atoms with Gasteiger partial charge in [-0.15, -0.1) is 4.40 Å². The molecule has 0 fully saturated rings. The lowest BCUT2D eigenvalue weighted by Gasteiger charge is -2.33. The van der Waals surface area contributed by atoms with Crippen molar-refractivity contribution in [2.24, 2.45) is 9.39 Å². The number of hydrogen-bond acceptors (Lipinski definition) is 4. The zero-order valence-corrected chi connectivity index (χ0v) is 18.0. The van der Waals surface area contributed by atoms with Crippen LogP contribution < -0.4 is 0 Å². The highest BCUT2D eigenvalue weighted by Crippen LogP contribution is 2.37. The molecule has 2 heterocycles. The van der Waals surface area contributed by atoms with Gasteiger partial charge in [-0.2, -0.15) is 8.42 Å². The van der Waals surface area contributed by atoms with Crippen LogP contribution in [0.4, 0.5) is 0 Å². The summed E-state index contributed by atoms with van der Waals surface area (Å²) in [5.41, 5.74) is 0.536. The summed E-state index contributed by atoms with van der Waals surface area (Å²) in [4.78, 5) is 5.77. The van der Waals surface area contributed by atoms with Gasteiger partial charge in [0.15, 0.2) is 0 Å². The van der Waals surface area contributed by atoms with Gasteiger partial charge in [-0.1, -0.05) is 60.5 Å². The van der Waals surface area contributed by atoms with Gasteiger partial charge in [0.1, 0.15) is 5.84 Å². The van der Waals surface area contributed by atoms with Gasteiger partial charge in [0, 0.05) is 11.8 Å². The van der Waals surface area contributed by atoms with Crippen molar-refractivity contribution in [3.05, 3.63) is 88.6 Å². The van der Waals surface area contributed by atoms with Gasteiger partial charge in [0.2, 0.25) is 11.6 Å². The van der Waals surface area contributed by atoms with E-state index >= 15 is 0 Å². The molecule has 0 bridgehead atoms. The molecule has 0 amide bonds. The minimum atomic E-state index is -4.09. The van der Waals surface area contributed by atoms with Gasteiger partial charge in [0.25, 0.3) is 10.0 Å². The van der Waals surface area contributed by atoms with Crippen molar-refractivity contribution in [2.75, 3.05) is 0 Å². The monoisotopic (exact) mass is 441 g/mol. The Morgan fingerprint density at radius 3 is 2.40 bits per heavy atom. The van der Waals surface area contributed by atoms with E-state index in [4.69, 9.17) is 11.6 Å². The van der Waals surface area contributed by atoms with Gasteiger partial charge in [-0.05, 0) is 43.2 Å². The van der Waals surface area contributed by atoms with Crippen molar-refractivity contribution in [1.29, 1.82) is 0 Å². The number of rotatable bonds is 4. The van der Waals surface area contributed by atoms with Gasteiger partial charge < -0.3 is 5.11 Å². The summed E-state index contributed by atoms with van der Waals surface area (Å²) in [6.07, 6.45) is 5.57. The molecule has 0 saturated carbocycles. The number of aryl methyl sites for hydroxylation is 2. The Kier molecular flexibility index (Phi) is 5.13. The Morgan fingerprint density at radius 2 is 1.77 bits per heavy atom. The van der Waals surface area contributed by atoms with Crippen LogP contribution in [0.1, 0.15) is 23.6 Å². The predicted octanol–water partition coefficient (Wildman–Crippen LogP) is 3.85. The van der Waals surface area contributed by atoms with Gasteiger partial charge in [-0.25, -0.2) is 4.99 Å². The number of amidine groups is 2. The number of allylic oxidation sites excluding steroid dienone is 2. The molecular formula is C22H20ClN3O3S. The fraction of sp³-hybridized carbons (Fsp3) is 0.182. The number of aliphatic imine (C=N–C) groups is 1. The Labute approximate surface area is 180 Å². The average Bonchev–Trinajstić information content (AvgIpc) is 3.00. The number of fused-ring (bicyclic) bond motifs is 1. The number of benzene rings is 2. The smallest absolute Gasteiger partial charge is 0.284 e. The Hall–Kier alpha value is -2.74. The molecule has 4 rings (SSSR count). The molecule has 2 aromatic rings. The van der Waals surface area contributed by atoms with Crippen LogP contribution in [0.2, 0.25) is 0 Å². The van der Waals surface area contributed by atoms with Crippen LogP contribution in [-0.2, 0) is 22.2 Å². The summed E-state index contributed by atoms with van der Waals surface area (Å²) in [5.74, 6) is 0.105. The van der Waals surface area contributed by atoms with E-state index in [2.05, 4.69) is 9.39 Å². The molecule has 1 unspecified atom stereocenters. The molecule has 6 nitrogen and oxygen atoms in total. The van der Waals surface area contributed by atoms with Gasteiger partial charge in [-0.3, -0.25) is 4.90 Å². The maximum atomic E-state index is 12.9. The van der Waals surface area contributed by atoms with Crippen molar-refractivity contribution < 1.29 is 13.5 Å². The molecule has 8 heteroatoms. The highest BCUT2D eigenvalue weighted by Gasteiger charge is 2.49. The Morgan fingerprint density at radius 1 is 1.10 bits per heavy atom. The molecule has 1 atom stereocenters.